The first kappa shape index (κ1) is 19.1. The molecular weight excluding hydrogens is 294 g/mol. The van der Waals surface area contributed by atoms with E-state index >= 15 is 0 Å². The second-order valence-corrected chi connectivity index (χ2v) is 8.64. The van der Waals surface area contributed by atoms with Gasteiger partial charge >= 0.3 is 0 Å². The van der Waals surface area contributed by atoms with E-state index in [4.69, 9.17) is 10.5 Å². The summed E-state index contributed by atoms with van der Waals surface area (Å²) in [4.78, 5) is 0. The Morgan fingerprint density at radius 1 is 1.25 bits per heavy atom. The lowest BCUT2D eigenvalue weighted by atomic mass is 9.85. The fraction of sp³-hybridized carbons (Fsp3) is 0.636. The SMILES string of the molecule is C=C(OC(C)(C)C)C(C)C(C)Cc1ccc(C2(N)CC2)cc1CC. The van der Waals surface area contributed by atoms with Gasteiger partial charge in [-0.15, -0.1) is 0 Å². The predicted molar refractivity (Wildman–Crippen MR) is 103 cm³/mol. The largest absolute Gasteiger partial charge is 0.493 e. The van der Waals surface area contributed by atoms with Gasteiger partial charge in [-0.05, 0) is 69.1 Å². The Bertz CT molecular complexity index is 592. The van der Waals surface area contributed by atoms with E-state index in [1.807, 2.05) is 0 Å². The summed E-state index contributed by atoms with van der Waals surface area (Å²) in [6.45, 7) is 17.1. The molecule has 1 aliphatic carbocycles. The van der Waals surface area contributed by atoms with Crippen molar-refractivity contribution in [3.05, 3.63) is 47.2 Å². The molecule has 0 bridgehead atoms. The van der Waals surface area contributed by atoms with E-state index in [-0.39, 0.29) is 11.1 Å². The van der Waals surface area contributed by atoms with Gasteiger partial charge in [0.25, 0.3) is 0 Å². The van der Waals surface area contributed by atoms with Crippen LogP contribution in [-0.4, -0.2) is 5.60 Å². The average Bonchev–Trinajstić information content (AvgIpc) is 3.23. The van der Waals surface area contributed by atoms with Crippen LogP contribution in [0.1, 0.15) is 71.1 Å². The van der Waals surface area contributed by atoms with Crippen molar-refractivity contribution in [2.24, 2.45) is 17.6 Å². The zero-order valence-corrected chi connectivity index (χ0v) is 16.4. The van der Waals surface area contributed by atoms with E-state index < -0.39 is 0 Å². The first-order valence-corrected chi connectivity index (χ1v) is 9.34. The molecule has 0 heterocycles. The van der Waals surface area contributed by atoms with Gasteiger partial charge < -0.3 is 10.5 Å². The summed E-state index contributed by atoms with van der Waals surface area (Å²) >= 11 is 0. The van der Waals surface area contributed by atoms with Crippen molar-refractivity contribution in [1.82, 2.24) is 0 Å². The molecule has 2 rings (SSSR count). The van der Waals surface area contributed by atoms with Crippen LogP contribution in [0.15, 0.2) is 30.5 Å². The smallest absolute Gasteiger partial charge is 0.100 e. The minimum absolute atomic E-state index is 0.0454. The maximum atomic E-state index is 6.36. The molecule has 134 valence electrons. The molecule has 0 aliphatic heterocycles. The molecule has 1 fully saturated rings. The Kier molecular flexibility index (Phi) is 5.49. The Labute approximate surface area is 148 Å². The quantitative estimate of drug-likeness (QED) is 0.685. The molecule has 0 saturated heterocycles. The van der Waals surface area contributed by atoms with Crippen LogP contribution < -0.4 is 5.73 Å². The maximum Gasteiger partial charge on any atom is 0.100 e. The Morgan fingerprint density at radius 3 is 2.38 bits per heavy atom. The molecule has 24 heavy (non-hydrogen) atoms. The highest BCUT2D eigenvalue weighted by Gasteiger charge is 2.40. The third-order valence-electron chi connectivity index (χ3n) is 5.29. The van der Waals surface area contributed by atoms with E-state index in [2.05, 4.69) is 66.3 Å². The number of aryl methyl sites for hydroxylation is 1. The summed E-state index contributed by atoms with van der Waals surface area (Å²) < 4.78 is 5.98. The maximum absolute atomic E-state index is 6.36. The number of hydrogen-bond donors (Lipinski definition) is 1. The third kappa shape index (κ3) is 4.63. The summed E-state index contributed by atoms with van der Waals surface area (Å²) in [5, 5.41) is 0. The molecule has 0 amide bonds. The van der Waals surface area contributed by atoms with Gasteiger partial charge in [-0.25, -0.2) is 0 Å². The van der Waals surface area contributed by atoms with Crippen molar-refractivity contribution in [1.29, 1.82) is 0 Å². The van der Waals surface area contributed by atoms with Gasteiger partial charge in [-0.3, -0.25) is 0 Å². The molecule has 0 aromatic heterocycles. The second-order valence-electron chi connectivity index (χ2n) is 8.64. The average molecular weight is 330 g/mol. The minimum Gasteiger partial charge on any atom is -0.493 e. The second kappa shape index (κ2) is 6.92. The molecule has 2 heteroatoms. The van der Waals surface area contributed by atoms with Crippen molar-refractivity contribution in [3.8, 4) is 0 Å². The van der Waals surface area contributed by atoms with Crippen LogP contribution in [0.4, 0.5) is 0 Å². The zero-order chi connectivity index (χ0) is 18.1. The Morgan fingerprint density at radius 2 is 1.88 bits per heavy atom. The van der Waals surface area contributed by atoms with Crippen molar-refractivity contribution < 1.29 is 4.74 Å². The normalized spacial score (nSPS) is 18.8. The molecule has 0 spiro atoms. The highest BCUT2D eigenvalue weighted by Crippen LogP contribution is 2.43. The van der Waals surface area contributed by atoms with Crippen molar-refractivity contribution in [2.45, 2.75) is 78.4 Å². The van der Waals surface area contributed by atoms with Gasteiger partial charge in [-0.2, -0.15) is 0 Å². The van der Waals surface area contributed by atoms with Crippen LogP contribution in [-0.2, 0) is 23.1 Å². The van der Waals surface area contributed by atoms with Gasteiger partial charge in [0.1, 0.15) is 5.60 Å². The van der Waals surface area contributed by atoms with Gasteiger partial charge in [0.05, 0.1) is 5.76 Å². The van der Waals surface area contributed by atoms with Crippen LogP contribution in [0, 0.1) is 11.8 Å². The first-order valence-electron chi connectivity index (χ1n) is 9.34. The lowest BCUT2D eigenvalue weighted by molar-refractivity contribution is 0.0302. The molecule has 2 atom stereocenters. The fourth-order valence-electron chi connectivity index (χ4n) is 3.21. The first-order chi connectivity index (χ1) is 11.1. The lowest BCUT2D eigenvalue weighted by Gasteiger charge is -2.29. The van der Waals surface area contributed by atoms with Crippen LogP contribution in [0.5, 0.6) is 0 Å². The number of rotatable bonds is 7. The molecule has 2 N–H and O–H groups in total. The number of ether oxygens (including phenoxy) is 1. The van der Waals surface area contributed by atoms with Crippen LogP contribution in [0.25, 0.3) is 0 Å². The molecule has 1 aromatic carbocycles. The summed E-state index contributed by atoms with van der Waals surface area (Å²) in [7, 11) is 0. The summed E-state index contributed by atoms with van der Waals surface area (Å²) in [6.07, 6.45) is 4.34. The third-order valence-corrected chi connectivity index (χ3v) is 5.29. The van der Waals surface area contributed by atoms with Gasteiger partial charge in [0.15, 0.2) is 0 Å². The number of nitrogens with two attached hydrogens (primary N) is 1. The predicted octanol–water partition coefficient (Wildman–Crippen LogP) is 5.34. The van der Waals surface area contributed by atoms with E-state index in [0.29, 0.717) is 11.8 Å². The summed E-state index contributed by atoms with van der Waals surface area (Å²) in [6, 6.07) is 6.86. The van der Waals surface area contributed by atoms with Crippen LogP contribution in [0.3, 0.4) is 0 Å². The molecule has 1 aliphatic rings. The molecule has 1 aromatic rings. The van der Waals surface area contributed by atoms with Gasteiger partial charge in [-0.1, -0.05) is 45.5 Å². The van der Waals surface area contributed by atoms with E-state index in [1.165, 1.54) is 16.7 Å². The lowest BCUT2D eigenvalue weighted by Crippen LogP contribution is -2.24. The number of allylic oxidation sites excluding steroid dienone is 1. The number of hydrogen-bond acceptors (Lipinski definition) is 2. The summed E-state index contributed by atoms with van der Waals surface area (Å²) in [5.41, 5.74) is 10.3. The standard InChI is InChI=1S/C22H35NO/c1-8-18-14-20(22(23)11-12-22)10-9-19(18)13-15(2)16(3)17(4)24-21(5,6)7/h9-10,14-16H,4,8,11-13,23H2,1-3,5-7H3. The van der Waals surface area contributed by atoms with Crippen LogP contribution in [0.2, 0.25) is 0 Å². The van der Waals surface area contributed by atoms with E-state index in [1.54, 1.807) is 0 Å². The van der Waals surface area contributed by atoms with Gasteiger partial charge in [0, 0.05) is 11.5 Å². The zero-order valence-electron chi connectivity index (χ0n) is 16.4. The van der Waals surface area contributed by atoms with E-state index in [0.717, 1.165) is 31.4 Å². The highest BCUT2D eigenvalue weighted by atomic mass is 16.5. The fourth-order valence-corrected chi connectivity index (χ4v) is 3.21. The molecule has 2 nitrogen and oxygen atoms in total. The topological polar surface area (TPSA) is 35.2 Å². The Hall–Kier alpha value is -1.28. The number of benzene rings is 1. The molecule has 0 radical (unpaired) electrons. The highest BCUT2D eigenvalue weighted by molar-refractivity contribution is 5.38. The molecule has 2 unspecified atom stereocenters. The molecule has 1 saturated carbocycles. The van der Waals surface area contributed by atoms with Crippen molar-refractivity contribution in [2.75, 3.05) is 0 Å². The minimum atomic E-state index is -0.180. The van der Waals surface area contributed by atoms with Crippen molar-refractivity contribution in [3.63, 3.8) is 0 Å². The molecular formula is C22H35NO. The monoisotopic (exact) mass is 329 g/mol. The van der Waals surface area contributed by atoms with Gasteiger partial charge in [0.2, 0.25) is 0 Å². The van der Waals surface area contributed by atoms with Crippen molar-refractivity contribution >= 4 is 0 Å². The summed E-state index contributed by atoms with van der Waals surface area (Å²) in [5.74, 6) is 1.71. The van der Waals surface area contributed by atoms with Crippen LogP contribution >= 0.6 is 0 Å². The van der Waals surface area contributed by atoms with E-state index in [9.17, 15) is 0 Å². The Balaban J connectivity index is 2.08.